The Morgan fingerprint density at radius 3 is 2.78 bits per heavy atom. The summed E-state index contributed by atoms with van der Waals surface area (Å²) in [4.78, 5) is 13.8. The van der Waals surface area contributed by atoms with Crippen molar-refractivity contribution in [1.29, 1.82) is 0 Å². The van der Waals surface area contributed by atoms with Gasteiger partial charge in [0.15, 0.2) is 0 Å². The van der Waals surface area contributed by atoms with E-state index in [1.807, 2.05) is 17.0 Å². The fourth-order valence-corrected chi connectivity index (χ4v) is 2.50. The van der Waals surface area contributed by atoms with Gasteiger partial charge in [-0.05, 0) is 29.5 Å². The number of carbonyl (C=O) groups is 1. The van der Waals surface area contributed by atoms with E-state index in [0.29, 0.717) is 35.5 Å². The summed E-state index contributed by atoms with van der Waals surface area (Å²) in [5.74, 6) is 1.23. The van der Waals surface area contributed by atoms with Crippen LogP contribution in [0, 0.1) is 11.8 Å². The van der Waals surface area contributed by atoms with Crippen molar-refractivity contribution in [3.05, 3.63) is 28.8 Å². The van der Waals surface area contributed by atoms with E-state index in [1.54, 1.807) is 6.07 Å². The molecule has 4 heteroatoms. The number of nitrogens with two attached hydrogens (primary N) is 1. The van der Waals surface area contributed by atoms with Gasteiger partial charge in [0.05, 0.1) is 0 Å². The third-order valence-electron chi connectivity index (χ3n) is 3.66. The van der Waals surface area contributed by atoms with E-state index in [0.717, 1.165) is 12.1 Å². The Morgan fingerprint density at radius 2 is 2.22 bits per heavy atom. The summed E-state index contributed by atoms with van der Waals surface area (Å²) in [6, 6.07) is 5.44. The molecule has 1 atom stereocenters. The monoisotopic (exact) mass is 266 g/mol. The first-order valence-electron chi connectivity index (χ1n) is 6.29. The van der Waals surface area contributed by atoms with Crippen molar-refractivity contribution in [3.8, 4) is 0 Å². The lowest BCUT2D eigenvalue weighted by atomic mass is 9.95. The summed E-state index contributed by atoms with van der Waals surface area (Å²) < 4.78 is 0. The van der Waals surface area contributed by atoms with Crippen molar-refractivity contribution in [2.75, 3.05) is 12.3 Å². The summed E-state index contributed by atoms with van der Waals surface area (Å²) in [5, 5.41) is 0.629. The van der Waals surface area contributed by atoms with Gasteiger partial charge in [-0.2, -0.15) is 0 Å². The summed E-state index contributed by atoms with van der Waals surface area (Å²) in [7, 11) is 0. The minimum Gasteiger partial charge on any atom is -0.398 e. The number of anilines is 1. The van der Waals surface area contributed by atoms with Gasteiger partial charge in [-0.15, -0.1) is 0 Å². The van der Waals surface area contributed by atoms with Gasteiger partial charge in [0.1, 0.15) is 0 Å². The maximum absolute atomic E-state index is 11.9. The van der Waals surface area contributed by atoms with E-state index in [4.69, 9.17) is 17.3 Å². The van der Waals surface area contributed by atoms with Crippen LogP contribution in [0.15, 0.2) is 18.2 Å². The number of nitrogen functional groups attached to an aromatic ring is 1. The van der Waals surface area contributed by atoms with Gasteiger partial charge < -0.3 is 10.6 Å². The molecule has 1 saturated heterocycles. The molecule has 0 spiro atoms. The van der Waals surface area contributed by atoms with E-state index in [9.17, 15) is 4.79 Å². The molecule has 2 N–H and O–H groups in total. The molecule has 0 saturated carbocycles. The Morgan fingerprint density at radius 1 is 1.50 bits per heavy atom. The highest BCUT2D eigenvalue weighted by Crippen LogP contribution is 2.27. The topological polar surface area (TPSA) is 46.3 Å². The van der Waals surface area contributed by atoms with Gasteiger partial charge in [0.2, 0.25) is 5.91 Å². The molecule has 18 heavy (non-hydrogen) atoms. The predicted molar refractivity (Wildman–Crippen MR) is 74.2 cm³/mol. The van der Waals surface area contributed by atoms with Gasteiger partial charge in [0, 0.05) is 30.2 Å². The molecule has 1 aromatic carbocycles. The molecule has 1 aromatic rings. The first kappa shape index (κ1) is 13.2. The molecule has 0 radical (unpaired) electrons. The highest BCUT2D eigenvalue weighted by Gasteiger charge is 2.31. The van der Waals surface area contributed by atoms with Crippen LogP contribution in [-0.4, -0.2) is 17.4 Å². The van der Waals surface area contributed by atoms with Crippen molar-refractivity contribution < 1.29 is 4.79 Å². The Bertz CT molecular complexity index is 459. The molecule has 1 aliphatic rings. The van der Waals surface area contributed by atoms with Crippen molar-refractivity contribution in [3.63, 3.8) is 0 Å². The standard InChI is InChI=1S/C14H19ClN2O/c1-9(2)11-5-14(18)17(8-11)7-10-3-4-12(15)6-13(10)16/h3-4,6,9,11H,5,7-8,16H2,1-2H3. The van der Waals surface area contributed by atoms with Crippen LogP contribution < -0.4 is 5.73 Å². The second-order valence-electron chi connectivity index (χ2n) is 5.33. The van der Waals surface area contributed by atoms with Crippen molar-refractivity contribution in [1.82, 2.24) is 4.90 Å². The fraction of sp³-hybridized carbons (Fsp3) is 0.500. The number of nitrogens with zero attached hydrogens (tertiary/aromatic N) is 1. The zero-order valence-electron chi connectivity index (χ0n) is 10.8. The lowest BCUT2D eigenvalue weighted by Gasteiger charge is -2.19. The minimum atomic E-state index is 0.225. The smallest absolute Gasteiger partial charge is 0.223 e. The fourth-order valence-electron chi connectivity index (χ4n) is 2.32. The summed E-state index contributed by atoms with van der Waals surface area (Å²) in [5.41, 5.74) is 7.54. The van der Waals surface area contributed by atoms with Crippen LogP contribution in [0.3, 0.4) is 0 Å². The second-order valence-corrected chi connectivity index (χ2v) is 5.76. The number of hydrogen-bond acceptors (Lipinski definition) is 2. The van der Waals surface area contributed by atoms with Crippen LogP contribution in [0.25, 0.3) is 0 Å². The molecular weight excluding hydrogens is 248 g/mol. The third-order valence-corrected chi connectivity index (χ3v) is 3.89. The molecule has 3 nitrogen and oxygen atoms in total. The molecule has 0 bridgehead atoms. The lowest BCUT2D eigenvalue weighted by molar-refractivity contribution is -0.128. The molecule has 1 amide bonds. The first-order valence-corrected chi connectivity index (χ1v) is 6.67. The van der Waals surface area contributed by atoms with E-state index in [-0.39, 0.29) is 5.91 Å². The van der Waals surface area contributed by atoms with Gasteiger partial charge in [-0.1, -0.05) is 31.5 Å². The van der Waals surface area contributed by atoms with E-state index in [2.05, 4.69) is 13.8 Å². The quantitative estimate of drug-likeness (QED) is 0.855. The number of likely N-dealkylation sites (tertiary alicyclic amines) is 1. The van der Waals surface area contributed by atoms with Crippen LogP contribution in [0.4, 0.5) is 5.69 Å². The van der Waals surface area contributed by atoms with Crippen molar-refractivity contribution >= 4 is 23.2 Å². The number of hydrogen-bond donors (Lipinski definition) is 1. The summed E-state index contributed by atoms with van der Waals surface area (Å²) >= 11 is 5.87. The zero-order valence-corrected chi connectivity index (χ0v) is 11.6. The van der Waals surface area contributed by atoms with Crippen LogP contribution in [0.5, 0.6) is 0 Å². The van der Waals surface area contributed by atoms with Crippen molar-refractivity contribution in [2.24, 2.45) is 11.8 Å². The molecular formula is C14H19ClN2O. The Hall–Kier alpha value is -1.22. The number of amides is 1. The maximum atomic E-state index is 11.9. The largest absolute Gasteiger partial charge is 0.398 e. The zero-order chi connectivity index (χ0) is 13.3. The second kappa shape index (κ2) is 5.19. The normalized spacial score (nSPS) is 19.9. The number of carbonyl (C=O) groups excluding carboxylic acids is 1. The summed E-state index contributed by atoms with van der Waals surface area (Å²) in [6.45, 7) is 5.75. The van der Waals surface area contributed by atoms with Crippen LogP contribution in [0.1, 0.15) is 25.8 Å². The number of benzene rings is 1. The van der Waals surface area contributed by atoms with E-state index in [1.165, 1.54) is 0 Å². The molecule has 0 aliphatic carbocycles. The minimum absolute atomic E-state index is 0.225. The molecule has 0 aromatic heterocycles. The number of rotatable bonds is 3. The van der Waals surface area contributed by atoms with E-state index < -0.39 is 0 Å². The maximum Gasteiger partial charge on any atom is 0.223 e. The van der Waals surface area contributed by atoms with Crippen LogP contribution in [-0.2, 0) is 11.3 Å². The average molecular weight is 267 g/mol. The highest BCUT2D eigenvalue weighted by molar-refractivity contribution is 6.30. The number of halogens is 1. The van der Waals surface area contributed by atoms with Gasteiger partial charge in [-0.25, -0.2) is 0 Å². The first-order chi connectivity index (χ1) is 8.47. The van der Waals surface area contributed by atoms with Gasteiger partial charge in [0.25, 0.3) is 0 Å². The third kappa shape index (κ3) is 2.78. The molecule has 1 fully saturated rings. The molecule has 2 rings (SSSR count). The van der Waals surface area contributed by atoms with Gasteiger partial charge >= 0.3 is 0 Å². The van der Waals surface area contributed by atoms with Crippen LogP contribution in [0.2, 0.25) is 5.02 Å². The molecule has 98 valence electrons. The Kier molecular flexibility index (Phi) is 3.81. The van der Waals surface area contributed by atoms with Crippen LogP contribution >= 0.6 is 11.6 Å². The lowest BCUT2D eigenvalue weighted by Crippen LogP contribution is -2.25. The summed E-state index contributed by atoms with van der Waals surface area (Å²) in [6.07, 6.45) is 0.658. The molecule has 1 heterocycles. The predicted octanol–water partition coefficient (Wildman–Crippen LogP) is 2.93. The average Bonchev–Trinajstić information content (AvgIpc) is 2.64. The molecule has 1 unspecified atom stereocenters. The van der Waals surface area contributed by atoms with Crippen molar-refractivity contribution in [2.45, 2.75) is 26.8 Å². The van der Waals surface area contributed by atoms with E-state index >= 15 is 0 Å². The highest BCUT2D eigenvalue weighted by atomic mass is 35.5. The van der Waals surface area contributed by atoms with Gasteiger partial charge in [-0.3, -0.25) is 4.79 Å². The Balaban J connectivity index is 2.08. The molecule has 1 aliphatic heterocycles. The Labute approximate surface area is 113 Å². The SMILES string of the molecule is CC(C)C1CC(=O)N(Cc2ccc(Cl)cc2N)C1.